The average molecular weight is 459 g/mol. The fraction of sp³-hybridized carbons (Fsp3) is 0.480. The topological polar surface area (TPSA) is 66.9 Å². The molecule has 1 unspecified atom stereocenters. The summed E-state index contributed by atoms with van der Waals surface area (Å²) in [6.45, 7) is 9.15. The fourth-order valence-electron chi connectivity index (χ4n) is 4.07. The minimum Gasteiger partial charge on any atom is -0.494 e. The van der Waals surface area contributed by atoms with Crippen LogP contribution in [0.5, 0.6) is 5.75 Å². The Hall–Kier alpha value is -2.54. The Morgan fingerprint density at radius 2 is 1.66 bits per heavy atom. The van der Waals surface area contributed by atoms with Gasteiger partial charge in [0.15, 0.2) is 9.84 Å². The van der Waals surface area contributed by atoms with Crippen LogP contribution in [0.1, 0.15) is 49.5 Å². The standard InChI is InChI=1S/C25H34N2O4S/c1-4-16-31-24-13-9-21(10-14-24)25(28)27(23-15-17-32(29,30)19-23)18-20-7-11-22(12-8-20)26(5-2)6-3/h7-14,23H,4-6,15-19H2,1-3H3. The Labute approximate surface area is 192 Å². The summed E-state index contributed by atoms with van der Waals surface area (Å²) >= 11 is 0. The van der Waals surface area contributed by atoms with Crippen molar-refractivity contribution in [2.45, 2.75) is 46.2 Å². The SMILES string of the molecule is CCCOc1ccc(C(=O)N(Cc2ccc(N(CC)CC)cc2)C2CCS(=O)(=O)C2)cc1. The van der Waals surface area contributed by atoms with Gasteiger partial charge in [0.25, 0.3) is 5.91 Å². The molecule has 1 saturated heterocycles. The molecule has 3 rings (SSSR count). The van der Waals surface area contributed by atoms with Crippen LogP contribution in [-0.4, -0.2) is 56.5 Å². The predicted octanol–water partition coefficient (Wildman–Crippen LogP) is 4.15. The zero-order valence-electron chi connectivity index (χ0n) is 19.3. The Morgan fingerprint density at radius 3 is 2.19 bits per heavy atom. The van der Waals surface area contributed by atoms with Crippen LogP contribution < -0.4 is 9.64 Å². The summed E-state index contributed by atoms with van der Waals surface area (Å²) in [5.41, 5.74) is 2.67. The molecule has 0 saturated carbocycles. The number of carbonyl (C=O) groups is 1. The summed E-state index contributed by atoms with van der Waals surface area (Å²) in [6.07, 6.45) is 1.39. The van der Waals surface area contributed by atoms with E-state index in [1.165, 1.54) is 0 Å². The first kappa shape index (κ1) is 24.1. The minimum atomic E-state index is -3.11. The average Bonchev–Trinajstić information content (AvgIpc) is 3.17. The first-order valence-corrected chi connectivity index (χ1v) is 13.3. The molecule has 0 bridgehead atoms. The van der Waals surface area contributed by atoms with Crippen molar-refractivity contribution in [3.05, 3.63) is 59.7 Å². The van der Waals surface area contributed by atoms with Crippen LogP contribution >= 0.6 is 0 Å². The number of nitrogens with zero attached hydrogens (tertiary/aromatic N) is 2. The molecule has 7 heteroatoms. The Kier molecular flexibility index (Phi) is 8.18. The van der Waals surface area contributed by atoms with E-state index >= 15 is 0 Å². The van der Waals surface area contributed by atoms with E-state index in [9.17, 15) is 13.2 Å². The second kappa shape index (κ2) is 10.9. The molecular weight excluding hydrogens is 424 g/mol. The molecule has 6 nitrogen and oxygen atoms in total. The van der Waals surface area contributed by atoms with Gasteiger partial charge < -0.3 is 14.5 Å². The highest BCUT2D eigenvalue weighted by atomic mass is 32.2. The van der Waals surface area contributed by atoms with E-state index in [1.807, 2.05) is 19.1 Å². The lowest BCUT2D eigenvalue weighted by Crippen LogP contribution is -2.40. The largest absolute Gasteiger partial charge is 0.494 e. The number of hydrogen-bond acceptors (Lipinski definition) is 5. The van der Waals surface area contributed by atoms with Crippen molar-refractivity contribution in [2.24, 2.45) is 0 Å². The van der Waals surface area contributed by atoms with E-state index < -0.39 is 9.84 Å². The molecule has 174 valence electrons. The second-order valence-corrected chi connectivity index (χ2v) is 10.4. The van der Waals surface area contributed by atoms with Crippen molar-refractivity contribution in [2.75, 3.05) is 36.1 Å². The van der Waals surface area contributed by atoms with Crippen molar-refractivity contribution in [3.8, 4) is 5.75 Å². The minimum absolute atomic E-state index is 0.0218. The van der Waals surface area contributed by atoms with Crippen LogP contribution in [0.15, 0.2) is 48.5 Å². The maximum absolute atomic E-state index is 13.4. The molecule has 1 aliphatic heterocycles. The molecule has 2 aromatic carbocycles. The smallest absolute Gasteiger partial charge is 0.254 e. The monoisotopic (exact) mass is 458 g/mol. The van der Waals surface area contributed by atoms with E-state index in [-0.39, 0.29) is 23.5 Å². The number of anilines is 1. The van der Waals surface area contributed by atoms with Gasteiger partial charge in [-0.15, -0.1) is 0 Å². The van der Waals surface area contributed by atoms with Gasteiger partial charge in [-0.2, -0.15) is 0 Å². The van der Waals surface area contributed by atoms with E-state index in [0.29, 0.717) is 25.1 Å². The fourth-order valence-corrected chi connectivity index (χ4v) is 5.80. The normalized spacial score (nSPS) is 17.2. The number of rotatable bonds is 10. The van der Waals surface area contributed by atoms with Crippen LogP contribution in [0.2, 0.25) is 0 Å². The van der Waals surface area contributed by atoms with Gasteiger partial charge in [0.05, 0.1) is 18.1 Å². The van der Waals surface area contributed by atoms with Crippen LogP contribution in [0, 0.1) is 0 Å². The third-order valence-corrected chi connectivity index (χ3v) is 7.65. The molecule has 0 radical (unpaired) electrons. The summed E-state index contributed by atoms with van der Waals surface area (Å²) in [5, 5.41) is 0. The first-order valence-electron chi connectivity index (χ1n) is 11.4. The van der Waals surface area contributed by atoms with Gasteiger partial charge in [-0.3, -0.25) is 4.79 Å². The van der Waals surface area contributed by atoms with E-state index in [2.05, 4.69) is 30.9 Å². The lowest BCUT2D eigenvalue weighted by atomic mass is 10.1. The quantitative estimate of drug-likeness (QED) is 0.535. The van der Waals surface area contributed by atoms with Gasteiger partial charge >= 0.3 is 0 Å². The zero-order chi connectivity index (χ0) is 23.1. The molecule has 1 amide bonds. The maximum Gasteiger partial charge on any atom is 0.254 e. The number of amides is 1. The zero-order valence-corrected chi connectivity index (χ0v) is 20.1. The molecule has 0 spiro atoms. The molecule has 1 aliphatic rings. The lowest BCUT2D eigenvalue weighted by molar-refractivity contribution is 0.0681. The van der Waals surface area contributed by atoms with Crippen LogP contribution in [0.4, 0.5) is 5.69 Å². The molecule has 1 heterocycles. The number of sulfone groups is 1. The van der Waals surface area contributed by atoms with Crippen LogP contribution in [0.3, 0.4) is 0 Å². The number of ether oxygens (including phenoxy) is 1. The summed E-state index contributed by atoms with van der Waals surface area (Å²) in [7, 11) is -3.11. The van der Waals surface area contributed by atoms with Crippen LogP contribution in [-0.2, 0) is 16.4 Å². The predicted molar refractivity (Wildman–Crippen MR) is 129 cm³/mol. The highest BCUT2D eigenvalue weighted by molar-refractivity contribution is 7.91. The van der Waals surface area contributed by atoms with Gasteiger partial charge in [-0.05, 0) is 68.7 Å². The second-order valence-electron chi connectivity index (χ2n) is 8.20. The van der Waals surface area contributed by atoms with Gasteiger partial charge in [-0.1, -0.05) is 19.1 Å². The summed E-state index contributed by atoms with van der Waals surface area (Å²) < 4.78 is 29.9. The van der Waals surface area contributed by atoms with Crippen molar-refractivity contribution < 1.29 is 17.9 Å². The molecule has 2 aromatic rings. The van der Waals surface area contributed by atoms with Crippen LogP contribution in [0.25, 0.3) is 0 Å². The first-order chi connectivity index (χ1) is 15.4. The molecule has 0 aromatic heterocycles. The highest BCUT2D eigenvalue weighted by Gasteiger charge is 2.35. The van der Waals surface area contributed by atoms with Gasteiger partial charge in [0.2, 0.25) is 0 Å². The van der Waals surface area contributed by atoms with Crippen molar-refractivity contribution in [3.63, 3.8) is 0 Å². The Balaban J connectivity index is 1.81. The van der Waals surface area contributed by atoms with E-state index in [1.54, 1.807) is 29.2 Å². The molecule has 0 N–H and O–H groups in total. The van der Waals surface area contributed by atoms with Crippen molar-refractivity contribution >= 4 is 21.4 Å². The van der Waals surface area contributed by atoms with Gasteiger partial charge in [0.1, 0.15) is 5.75 Å². The van der Waals surface area contributed by atoms with E-state index in [0.717, 1.165) is 36.5 Å². The van der Waals surface area contributed by atoms with Gasteiger partial charge in [0, 0.05) is 36.9 Å². The summed E-state index contributed by atoms with van der Waals surface area (Å²) in [6, 6.07) is 15.0. The summed E-state index contributed by atoms with van der Waals surface area (Å²) in [4.78, 5) is 17.4. The molecule has 32 heavy (non-hydrogen) atoms. The lowest BCUT2D eigenvalue weighted by Gasteiger charge is -2.29. The maximum atomic E-state index is 13.4. The molecule has 0 aliphatic carbocycles. The van der Waals surface area contributed by atoms with Crippen molar-refractivity contribution in [1.29, 1.82) is 0 Å². The molecule has 1 fully saturated rings. The Bertz CT molecular complexity index is 984. The van der Waals surface area contributed by atoms with Gasteiger partial charge in [-0.25, -0.2) is 8.42 Å². The molecule has 1 atom stereocenters. The van der Waals surface area contributed by atoms with E-state index in [4.69, 9.17) is 4.74 Å². The Morgan fingerprint density at radius 1 is 1.00 bits per heavy atom. The number of benzene rings is 2. The van der Waals surface area contributed by atoms with Crippen molar-refractivity contribution in [1.82, 2.24) is 4.90 Å². The molecular formula is C25H34N2O4S. The highest BCUT2D eigenvalue weighted by Crippen LogP contribution is 2.24. The third-order valence-electron chi connectivity index (χ3n) is 5.90. The number of carbonyl (C=O) groups excluding carboxylic acids is 1. The third kappa shape index (κ3) is 6.03. The number of hydrogen-bond donors (Lipinski definition) is 0. The summed E-state index contributed by atoms with van der Waals surface area (Å²) in [5.74, 6) is 0.729.